The first kappa shape index (κ1) is 9.30. The molecule has 1 N–H and O–H groups in total. The van der Waals surface area contributed by atoms with Gasteiger partial charge in [0.1, 0.15) is 0 Å². The van der Waals surface area contributed by atoms with E-state index in [9.17, 15) is 4.21 Å². The normalized spacial score (nSPS) is 25.7. The molecule has 72 valence electrons. The smallest absolute Gasteiger partial charge is 0.180 e. The Bertz CT molecular complexity index is 280. The zero-order chi connectivity index (χ0) is 9.10. The molecule has 0 unspecified atom stereocenters. The fraction of sp³-hybridized carbons (Fsp3) is 0.625. The standard InChI is InChI=1S/C8H12N2OS2/c11-13(8-10-4-5-12-8)7-2-1-3-9-6-7/h4-5,7,9H,1-3,6H2/t7-,13-/m1/s1. The van der Waals surface area contributed by atoms with E-state index in [4.69, 9.17) is 0 Å². The van der Waals surface area contributed by atoms with Crippen LogP contribution in [0.2, 0.25) is 0 Å². The Morgan fingerprint density at radius 1 is 1.69 bits per heavy atom. The number of piperidine rings is 1. The Morgan fingerprint density at radius 3 is 3.23 bits per heavy atom. The topological polar surface area (TPSA) is 42.0 Å². The maximum atomic E-state index is 11.9. The van der Waals surface area contributed by atoms with Crippen LogP contribution in [0, 0.1) is 0 Å². The van der Waals surface area contributed by atoms with Crippen LogP contribution in [0.3, 0.4) is 0 Å². The van der Waals surface area contributed by atoms with Crippen molar-refractivity contribution in [3.05, 3.63) is 11.6 Å². The average molecular weight is 216 g/mol. The monoisotopic (exact) mass is 216 g/mol. The predicted octanol–water partition coefficient (Wildman–Crippen LogP) is 1.00. The minimum Gasteiger partial charge on any atom is -0.316 e. The van der Waals surface area contributed by atoms with Crippen LogP contribution >= 0.6 is 11.3 Å². The fourth-order valence-corrected chi connectivity index (χ4v) is 3.87. The van der Waals surface area contributed by atoms with Crippen LogP contribution in [0.15, 0.2) is 15.9 Å². The van der Waals surface area contributed by atoms with Gasteiger partial charge >= 0.3 is 0 Å². The summed E-state index contributed by atoms with van der Waals surface area (Å²) in [6.45, 7) is 1.93. The maximum absolute atomic E-state index is 11.9. The summed E-state index contributed by atoms with van der Waals surface area (Å²) >= 11 is 1.49. The zero-order valence-corrected chi connectivity index (χ0v) is 8.87. The number of hydrogen-bond acceptors (Lipinski definition) is 4. The molecule has 2 heterocycles. The van der Waals surface area contributed by atoms with Crippen LogP contribution in [-0.4, -0.2) is 27.5 Å². The molecule has 0 saturated carbocycles. The molecule has 3 nitrogen and oxygen atoms in total. The van der Waals surface area contributed by atoms with Crippen molar-refractivity contribution in [3.8, 4) is 0 Å². The van der Waals surface area contributed by atoms with Gasteiger partial charge < -0.3 is 5.32 Å². The average Bonchev–Trinajstić information content (AvgIpc) is 2.71. The van der Waals surface area contributed by atoms with E-state index in [1.54, 1.807) is 6.20 Å². The van der Waals surface area contributed by atoms with Crippen molar-refractivity contribution in [2.75, 3.05) is 13.1 Å². The number of thiazole rings is 1. The van der Waals surface area contributed by atoms with Crippen molar-refractivity contribution < 1.29 is 4.21 Å². The Kier molecular flexibility index (Phi) is 3.08. The summed E-state index contributed by atoms with van der Waals surface area (Å²) in [7, 11) is -0.894. The van der Waals surface area contributed by atoms with Gasteiger partial charge in [0.2, 0.25) is 0 Å². The first-order chi connectivity index (χ1) is 6.38. The lowest BCUT2D eigenvalue weighted by atomic mass is 10.2. The third-order valence-corrected chi connectivity index (χ3v) is 4.94. The van der Waals surface area contributed by atoms with Crippen LogP contribution in [0.1, 0.15) is 12.8 Å². The third-order valence-electron chi connectivity index (χ3n) is 2.14. The van der Waals surface area contributed by atoms with Crippen LogP contribution < -0.4 is 5.32 Å². The minimum absolute atomic E-state index is 0.264. The summed E-state index contributed by atoms with van der Waals surface area (Å²) in [6, 6.07) is 0. The summed E-state index contributed by atoms with van der Waals surface area (Å²) < 4.78 is 12.7. The molecule has 1 aliphatic heterocycles. The first-order valence-corrected chi connectivity index (χ1v) is 6.48. The molecular formula is C8H12N2OS2. The van der Waals surface area contributed by atoms with Gasteiger partial charge in [-0.1, -0.05) is 0 Å². The van der Waals surface area contributed by atoms with E-state index in [0.29, 0.717) is 0 Å². The van der Waals surface area contributed by atoms with Crippen molar-refractivity contribution in [1.82, 2.24) is 10.3 Å². The maximum Gasteiger partial charge on any atom is 0.180 e. The summed E-state index contributed by atoms with van der Waals surface area (Å²) in [4.78, 5) is 4.08. The van der Waals surface area contributed by atoms with E-state index in [0.717, 1.165) is 30.3 Å². The number of aromatic nitrogens is 1. The fourth-order valence-electron chi connectivity index (χ4n) is 1.45. The van der Waals surface area contributed by atoms with Crippen LogP contribution in [0.5, 0.6) is 0 Å². The minimum atomic E-state index is -0.894. The molecule has 0 aromatic carbocycles. The van der Waals surface area contributed by atoms with E-state index in [1.165, 1.54) is 11.3 Å². The summed E-state index contributed by atoms with van der Waals surface area (Å²) in [6.07, 6.45) is 3.90. The molecule has 0 bridgehead atoms. The highest BCUT2D eigenvalue weighted by Crippen LogP contribution is 2.18. The molecule has 5 heteroatoms. The van der Waals surface area contributed by atoms with Crippen molar-refractivity contribution in [3.63, 3.8) is 0 Å². The molecular weight excluding hydrogens is 204 g/mol. The Balaban J connectivity index is 2.04. The highest BCUT2D eigenvalue weighted by Gasteiger charge is 2.22. The molecule has 0 aliphatic carbocycles. The number of rotatable bonds is 2. The second-order valence-corrected chi connectivity index (χ2v) is 5.86. The number of nitrogens with zero attached hydrogens (tertiary/aromatic N) is 1. The van der Waals surface area contributed by atoms with Gasteiger partial charge in [-0.2, -0.15) is 0 Å². The highest BCUT2D eigenvalue weighted by atomic mass is 32.2. The lowest BCUT2D eigenvalue weighted by molar-refractivity contribution is 0.519. The van der Waals surface area contributed by atoms with E-state index >= 15 is 0 Å². The largest absolute Gasteiger partial charge is 0.316 e. The molecule has 1 saturated heterocycles. The zero-order valence-electron chi connectivity index (χ0n) is 7.23. The molecule has 1 aromatic heterocycles. The summed E-state index contributed by atoms with van der Waals surface area (Å²) in [5, 5.41) is 5.40. The summed E-state index contributed by atoms with van der Waals surface area (Å²) in [5.41, 5.74) is 0. The first-order valence-electron chi connectivity index (χ1n) is 4.39. The molecule has 1 aliphatic rings. The molecule has 0 radical (unpaired) electrons. The second kappa shape index (κ2) is 4.30. The SMILES string of the molecule is O=[S@@](c1nccs1)[C@@H]1CCCNC1. The van der Waals surface area contributed by atoms with E-state index in [1.807, 2.05) is 5.38 Å². The number of nitrogens with one attached hydrogen (secondary N) is 1. The molecule has 0 spiro atoms. The van der Waals surface area contributed by atoms with Gasteiger partial charge in [-0.3, -0.25) is 4.21 Å². The van der Waals surface area contributed by atoms with Gasteiger partial charge in [-0.05, 0) is 19.4 Å². The van der Waals surface area contributed by atoms with Crippen molar-refractivity contribution in [2.45, 2.75) is 22.4 Å². The van der Waals surface area contributed by atoms with E-state index in [-0.39, 0.29) is 5.25 Å². The van der Waals surface area contributed by atoms with Crippen LogP contribution in [-0.2, 0) is 10.8 Å². The van der Waals surface area contributed by atoms with Gasteiger partial charge in [0.15, 0.2) is 4.34 Å². The van der Waals surface area contributed by atoms with Crippen molar-refractivity contribution in [1.29, 1.82) is 0 Å². The molecule has 2 rings (SSSR count). The predicted molar refractivity (Wildman–Crippen MR) is 54.4 cm³/mol. The lowest BCUT2D eigenvalue weighted by Crippen LogP contribution is -2.36. The third kappa shape index (κ3) is 2.15. The molecule has 0 amide bonds. The van der Waals surface area contributed by atoms with Crippen LogP contribution in [0.4, 0.5) is 0 Å². The molecule has 13 heavy (non-hydrogen) atoms. The van der Waals surface area contributed by atoms with Crippen molar-refractivity contribution >= 4 is 22.1 Å². The van der Waals surface area contributed by atoms with Gasteiger partial charge in [0.05, 0.1) is 16.0 Å². The molecule has 1 fully saturated rings. The van der Waals surface area contributed by atoms with Gasteiger partial charge in [-0.15, -0.1) is 11.3 Å². The highest BCUT2D eigenvalue weighted by molar-refractivity contribution is 7.87. The van der Waals surface area contributed by atoms with Crippen molar-refractivity contribution in [2.24, 2.45) is 0 Å². The summed E-state index contributed by atoms with van der Waals surface area (Å²) in [5.74, 6) is 0. The Labute approximate surface area is 84.0 Å². The Morgan fingerprint density at radius 2 is 2.62 bits per heavy atom. The van der Waals surface area contributed by atoms with Crippen LogP contribution in [0.25, 0.3) is 0 Å². The van der Waals surface area contributed by atoms with E-state index < -0.39 is 10.8 Å². The van der Waals surface area contributed by atoms with Gasteiger partial charge in [0.25, 0.3) is 0 Å². The van der Waals surface area contributed by atoms with Gasteiger partial charge in [0, 0.05) is 18.1 Å². The molecule has 1 aromatic rings. The molecule has 2 atom stereocenters. The Hall–Kier alpha value is -0.260. The van der Waals surface area contributed by atoms with Gasteiger partial charge in [-0.25, -0.2) is 4.98 Å². The lowest BCUT2D eigenvalue weighted by Gasteiger charge is -2.20. The van der Waals surface area contributed by atoms with E-state index in [2.05, 4.69) is 10.3 Å². The number of hydrogen-bond donors (Lipinski definition) is 1. The second-order valence-electron chi connectivity index (χ2n) is 3.06. The quantitative estimate of drug-likeness (QED) is 0.802.